The second-order valence-corrected chi connectivity index (χ2v) is 5.34. The standard InChI is InChI=1S/C16H24N4O.HI/c1-2-21-13-12-20-15-7-4-3-6-14(15)18-16(20)19-10-5-8-17-9-11-19;/h3-4,6-7,17H,2,5,8-13H2,1H3;1H. The van der Waals surface area contributed by atoms with E-state index in [-0.39, 0.29) is 24.0 Å². The number of nitrogens with one attached hydrogen (secondary N) is 1. The molecule has 0 spiro atoms. The minimum Gasteiger partial charge on any atom is -0.380 e. The van der Waals surface area contributed by atoms with Crippen LogP contribution in [0.2, 0.25) is 0 Å². The third-order valence-electron chi connectivity index (χ3n) is 3.92. The summed E-state index contributed by atoms with van der Waals surface area (Å²) in [7, 11) is 0. The van der Waals surface area contributed by atoms with Gasteiger partial charge in [0.25, 0.3) is 0 Å². The Morgan fingerprint density at radius 3 is 2.95 bits per heavy atom. The number of fused-ring (bicyclic) bond motifs is 1. The number of para-hydroxylation sites is 2. The van der Waals surface area contributed by atoms with E-state index in [1.165, 1.54) is 5.52 Å². The average Bonchev–Trinajstić information content (AvgIpc) is 2.70. The second-order valence-electron chi connectivity index (χ2n) is 5.34. The fraction of sp³-hybridized carbons (Fsp3) is 0.562. The molecule has 6 heteroatoms. The van der Waals surface area contributed by atoms with Gasteiger partial charge in [-0.3, -0.25) is 0 Å². The van der Waals surface area contributed by atoms with Crippen LogP contribution in [0.3, 0.4) is 0 Å². The van der Waals surface area contributed by atoms with Crippen LogP contribution in [0.5, 0.6) is 0 Å². The molecular weight excluding hydrogens is 391 g/mol. The number of ether oxygens (including phenoxy) is 1. The second kappa shape index (κ2) is 8.69. The molecule has 22 heavy (non-hydrogen) atoms. The van der Waals surface area contributed by atoms with Gasteiger partial charge in [0.15, 0.2) is 0 Å². The zero-order valence-electron chi connectivity index (χ0n) is 13.1. The normalized spacial score (nSPS) is 15.6. The molecular formula is C16H25IN4O. The molecule has 1 aromatic carbocycles. The summed E-state index contributed by atoms with van der Waals surface area (Å²) >= 11 is 0. The van der Waals surface area contributed by atoms with Crippen molar-refractivity contribution in [3.8, 4) is 0 Å². The molecule has 0 bridgehead atoms. The Bertz CT molecular complexity index is 579. The van der Waals surface area contributed by atoms with E-state index in [9.17, 15) is 0 Å². The minimum absolute atomic E-state index is 0. The highest BCUT2D eigenvalue weighted by Gasteiger charge is 2.17. The molecule has 1 fully saturated rings. The molecule has 0 aliphatic carbocycles. The van der Waals surface area contributed by atoms with Crippen molar-refractivity contribution in [3.05, 3.63) is 24.3 Å². The Hall–Kier alpha value is -0.860. The summed E-state index contributed by atoms with van der Waals surface area (Å²) in [4.78, 5) is 7.26. The predicted molar refractivity (Wildman–Crippen MR) is 101 cm³/mol. The number of aromatic nitrogens is 2. The van der Waals surface area contributed by atoms with Gasteiger partial charge < -0.3 is 19.5 Å². The van der Waals surface area contributed by atoms with E-state index in [4.69, 9.17) is 9.72 Å². The van der Waals surface area contributed by atoms with Crippen molar-refractivity contribution in [2.24, 2.45) is 0 Å². The Labute approximate surface area is 149 Å². The van der Waals surface area contributed by atoms with Crippen LogP contribution in [-0.4, -0.2) is 48.9 Å². The number of benzene rings is 1. The number of imidazole rings is 1. The summed E-state index contributed by atoms with van der Waals surface area (Å²) in [6, 6.07) is 8.37. The van der Waals surface area contributed by atoms with Gasteiger partial charge in [-0.15, -0.1) is 24.0 Å². The van der Waals surface area contributed by atoms with Crippen molar-refractivity contribution in [3.63, 3.8) is 0 Å². The lowest BCUT2D eigenvalue weighted by Crippen LogP contribution is -2.30. The molecule has 0 saturated carbocycles. The summed E-state index contributed by atoms with van der Waals surface area (Å²) in [6.07, 6.45) is 1.16. The topological polar surface area (TPSA) is 42.3 Å². The Morgan fingerprint density at radius 1 is 1.23 bits per heavy atom. The first kappa shape index (κ1) is 17.5. The van der Waals surface area contributed by atoms with Gasteiger partial charge in [0.05, 0.1) is 17.6 Å². The van der Waals surface area contributed by atoms with Crippen LogP contribution in [0.1, 0.15) is 13.3 Å². The fourth-order valence-corrected chi connectivity index (χ4v) is 2.87. The third-order valence-corrected chi connectivity index (χ3v) is 3.92. The van der Waals surface area contributed by atoms with Crippen molar-refractivity contribution < 1.29 is 4.74 Å². The van der Waals surface area contributed by atoms with Gasteiger partial charge in [0.1, 0.15) is 0 Å². The lowest BCUT2D eigenvalue weighted by atomic mass is 10.3. The highest BCUT2D eigenvalue weighted by Crippen LogP contribution is 2.23. The molecule has 0 amide bonds. The van der Waals surface area contributed by atoms with Crippen molar-refractivity contribution in [2.45, 2.75) is 19.9 Å². The molecule has 2 aromatic rings. The number of rotatable bonds is 5. The number of nitrogens with zero attached hydrogens (tertiary/aromatic N) is 3. The maximum atomic E-state index is 5.54. The van der Waals surface area contributed by atoms with Gasteiger partial charge in [-0.05, 0) is 32.0 Å². The van der Waals surface area contributed by atoms with Gasteiger partial charge in [0, 0.05) is 32.8 Å². The maximum absolute atomic E-state index is 5.54. The maximum Gasteiger partial charge on any atom is 0.206 e. The van der Waals surface area contributed by atoms with Crippen LogP contribution in [-0.2, 0) is 11.3 Å². The molecule has 2 heterocycles. The number of hydrogen-bond donors (Lipinski definition) is 1. The Morgan fingerprint density at radius 2 is 2.09 bits per heavy atom. The van der Waals surface area contributed by atoms with E-state index in [0.29, 0.717) is 0 Å². The highest BCUT2D eigenvalue weighted by atomic mass is 127. The number of halogens is 1. The van der Waals surface area contributed by atoms with E-state index >= 15 is 0 Å². The van der Waals surface area contributed by atoms with Gasteiger partial charge >= 0.3 is 0 Å². The quantitative estimate of drug-likeness (QED) is 0.601. The monoisotopic (exact) mass is 416 g/mol. The summed E-state index contributed by atoms with van der Waals surface area (Å²) in [5.74, 6) is 1.08. The van der Waals surface area contributed by atoms with Gasteiger partial charge in [0.2, 0.25) is 5.95 Å². The Balaban J connectivity index is 0.00000176. The first-order valence-corrected chi connectivity index (χ1v) is 7.89. The molecule has 122 valence electrons. The third kappa shape index (κ3) is 3.91. The summed E-state index contributed by atoms with van der Waals surface area (Å²) < 4.78 is 7.85. The SMILES string of the molecule is CCOCCn1c(N2CCCNCC2)nc2ccccc21.I. The van der Waals surface area contributed by atoms with Crippen molar-refractivity contribution in [2.75, 3.05) is 44.3 Å². The molecule has 1 aliphatic heterocycles. The van der Waals surface area contributed by atoms with E-state index < -0.39 is 0 Å². The first-order valence-electron chi connectivity index (χ1n) is 7.89. The molecule has 0 unspecified atom stereocenters. The van der Waals surface area contributed by atoms with Crippen LogP contribution in [0, 0.1) is 0 Å². The molecule has 1 aliphatic rings. The van der Waals surface area contributed by atoms with Crippen LogP contribution < -0.4 is 10.2 Å². The lowest BCUT2D eigenvalue weighted by molar-refractivity contribution is 0.140. The van der Waals surface area contributed by atoms with Gasteiger partial charge in [-0.2, -0.15) is 0 Å². The van der Waals surface area contributed by atoms with Crippen molar-refractivity contribution in [1.29, 1.82) is 0 Å². The van der Waals surface area contributed by atoms with Gasteiger partial charge in [-0.25, -0.2) is 4.98 Å². The molecule has 5 nitrogen and oxygen atoms in total. The molecule has 1 aromatic heterocycles. The zero-order valence-corrected chi connectivity index (χ0v) is 15.5. The van der Waals surface area contributed by atoms with Crippen molar-refractivity contribution in [1.82, 2.24) is 14.9 Å². The molecule has 3 rings (SSSR count). The average molecular weight is 416 g/mol. The zero-order chi connectivity index (χ0) is 14.5. The van der Waals surface area contributed by atoms with Gasteiger partial charge in [-0.1, -0.05) is 12.1 Å². The van der Waals surface area contributed by atoms with E-state index in [1.54, 1.807) is 0 Å². The van der Waals surface area contributed by atoms with E-state index in [1.807, 2.05) is 6.92 Å². The summed E-state index contributed by atoms with van der Waals surface area (Å²) in [6.45, 7) is 8.57. The van der Waals surface area contributed by atoms with Crippen LogP contribution in [0.25, 0.3) is 11.0 Å². The summed E-state index contributed by atoms with van der Waals surface area (Å²) in [5.41, 5.74) is 2.27. The van der Waals surface area contributed by atoms with E-state index in [2.05, 4.69) is 39.0 Å². The van der Waals surface area contributed by atoms with Crippen LogP contribution >= 0.6 is 24.0 Å². The largest absolute Gasteiger partial charge is 0.380 e. The lowest BCUT2D eigenvalue weighted by Gasteiger charge is -2.22. The fourth-order valence-electron chi connectivity index (χ4n) is 2.87. The number of hydrogen-bond acceptors (Lipinski definition) is 4. The number of anilines is 1. The minimum atomic E-state index is 0. The van der Waals surface area contributed by atoms with Crippen LogP contribution in [0.15, 0.2) is 24.3 Å². The molecule has 1 saturated heterocycles. The first-order chi connectivity index (χ1) is 10.4. The smallest absolute Gasteiger partial charge is 0.206 e. The Kier molecular flexibility index (Phi) is 6.91. The molecule has 0 atom stereocenters. The van der Waals surface area contributed by atoms with Crippen molar-refractivity contribution >= 4 is 41.0 Å². The van der Waals surface area contributed by atoms with Crippen LogP contribution in [0.4, 0.5) is 5.95 Å². The molecule has 1 N–H and O–H groups in total. The molecule has 0 radical (unpaired) electrons. The van der Waals surface area contributed by atoms with E-state index in [0.717, 1.165) is 63.8 Å². The summed E-state index contributed by atoms with van der Waals surface area (Å²) in [5, 5.41) is 3.45. The predicted octanol–water partition coefficient (Wildman–Crippen LogP) is 2.49. The highest BCUT2D eigenvalue weighted by molar-refractivity contribution is 14.0.